The number of hydrogen-bond donors (Lipinski definition) is 0. The second kappa shape index (κ2) is 5.51. The molecule has 3 aromatic carbocycles. The highest BCUT2D eigenvalue weighted by atomic mass is 19.1. The molecule has 0 N–H and O–H groups in total. The van der Waals surface area contributed by atoms with Gasteiger partial charge in [0.05, 0.1) is 5.92 Å². The van der Waals surface area contributed by atoms with Crippen molar-refractivity contribution in [1.82, 2.24) is 0 Å². The van der Waals surface area contributed by atoms with Gasteiger partial charge in [-0.15, -0.1) is 0 Å². The normalized spacial score (nSPS) is 19.2. The molecule has 2 unspecified atom stereocenters. The van der Waals surface area contributed by atoms with Crippen LogP contribution in [-0.2, 0) is 0 Å². The fourth-order valence-corrected chi connectivity index (χ4v) is 3.20. The highest BCUT2D eigenvalue weighted by molar-refractivity contribution is 5.49. The van der Waals surface area contributed by atoms with Gasteiger partial charge in [-0.25, -0.2) is 8.78 Å². The lowest BCUT2D eigenvalue weighted by Crippen LogP contribution is -2.11. The van der Waals surface area contributed by atoms with Gasteiger partial charge in [0.15, 0.2) is 0 Å². The smallest absolute Gasteiger partial charge is 0.135 e. The minimum Gasteiger partial charge on any atom is -0.484 e. The Morgan fingerprint density at radius 3 is 2.22 bits per heavy atom. The van der Waals surface area contributed by atoms with Crippen LogP contribution in [0.25, 0.3) is 0 Å². The van der Waals surface area contributed by atoms with E-state index in [1.54, 1.807) is 12.1 Å². The molecule has 0 saturated heterocycles. The van der Waals surface area contributed by atoms with E-state index in [0.717, 1.165) is 16.7 Å². The molecule has 3 aromatic rings. The van der Waals surface area contributed by atoms with Crippen LogP contribution in [0.2, 0.25) is 0 Å². The van der Waals surface area contributed by atoms with Gasteiger partial charge in [0, 0.05) is 5.56 Å². The molecule has 1 heterocycles. The lowest BCUT2D eigenvalue weighted by molar-refractivity contribution is 0.222. The summed E-state index contributed by atoms with van der Waals surface area (Å²) in [7, 11) is 0. The van der Waals surface area contributed by atoms with Crippen molar-refractivity contribution >= 4 is 0 Å². The van der Waals surface area contributed by atoms with E-state index in [1.165, 1.54) is 24.3 Å². The summed E-state index contributed by atoms with van der Waals surface area (Å²) in [6.45, 7) is 0. The van der Waals surface area contributed by atoms with Crippen LogP contribution in [0.4, 0.5) is 8.78 Å². The van der Waals surface area contributed by atoms with E-state index < -0.39 is 0 Å². The highest BCUT2D eigenvalue weighted by Gasteiger charge is 2.37. The lowest BCUT2D eigenvalue weighted by atomic mass is 9.85. The Bertz CT molecular complexity index is 845. The van der Waals surface area contributed by atoms with Crippen LogP contribution in [0.1, 0.15) is 28.7 Å². The van der Waals surface area contributed by atoms with Crippen LogP contribution in [0.5, 0.6) is 5.75 Å². The maximum Gasteiger partial charge on any atom is 0.135 e. The molecule has 0 spiro atoms. The predicted octanol–water partition coefficient (Wildman–Crippen LogP) is 5.23. The van der Waals surface area contributed by atoms with Crippen molar-refractivity contribution in [2.24, 2.45) is 0 Å². The second-order valence-electron chi connectivity index (χ2n) is 5.66. The second-order valence-corrected chi connectivity index (χ2v) is 5.66. The van der Waals surface area contributed by atoms with E-state index in [-0.39, 0.29) is 23.7 Å². The Labute approximate surface area is 133 Å². The first-order valence-electron chi connectivity index (χ1n) is 7.49. The van der Waals surface area contributed by atoms with Crippen LogP contribution in [0.3, 0.4) is 0 Å². The maximum atomic E-state index is 13.7. The van der Waals surface area contributed by atoms with Crippen molar-refractivity contribution in [3.05, 3.63) is 101 Å². The van der Waals surface area contributed by atoms with Crippen molar-refractivity contribution in [2.75, 3.05) is 0 Å². The van der Waals surface area contributed by atoms with Crippen molar-refractivity contribution in [2.45, 2.75) is 12.0 Å². The van der Waals surface area contributed by atoms with Crippen molar-refractivity contribution in [1.29, 1.82) is 0 Å². The number of fused-ring (bicyclic) bond motifs is 1. The van der Waals surface area contributed by atoms with Crippen molar-refractivity contribution in [3.8, 4) is 5.75 Å². The number of rotatable bonds is 2. The molecule has 3 heteroatoms. The maximum absolute atomic E-state index is 13.7. The summed E-state index contributed by atoms with van der Waals surface area (Å²) in [5, 5.41) is 0. The fourth-order valence-electron chi connectivity index (χ4n) is 3.20. The van der Waals surface area contributed by atoms with E-state index in [1.807, 2.05) is 36.4 Å². The lowest BCUT2D eigenvalue weighted by Gasteiger charge is -2.20. The van der Waals surface area contributed by atoms with Gasteiger partial charge in [0.1, 0.15) is 23.5 Å². The first-order valence-corrected chi connectivity index (χ1v) is 7.49. The fraction of sp³-hybridized carbons (Fsp3) is 0.100. The third-order valence-corrected chi connectivity index (χ3v) is 4.20. The summed E-state index contributed by atoms with van der Waals surface area (Å²) in [5.74, 6) is -0.213. The Hall–Kier alpha value is -2.68. The van der Waals surface area contributed by atoms with Gasteiger partial charge in [0.2, 0.25) is 0 Å². The largest absolute Gasteiger partial charge is 0.484 e. The van der Waals surface area contributed by atoms with Crippen LogP contribution >= 0.6 is 0 Å². The van der Waals surface area contributed by atoms with E-state index in [4.69, 9.17) is 4.74 Å². The van der Waals surface area contributed by atoms with E-state index >= 15 is 0 Å². The molecule has 1 aliphatic rings. The molecule has 0 bridgehead atoms. The predicted molar refractivity (Wildman–Crippen MR) is 84.5 cm³/mol. The molecule has 4 rings (SSSR count). The minimum atomic E-state index is -0.317. The zero-order chi connectivity index (χ0) is 15.8. The van der Waals surface area contributed by atoms with E-state index in [0.29, 0.717) is 5.75 Å². The number of benzene rings is 3. The number of ether oxygens (including phenoxy) is 1. The van der Waals surface area contributed by atoms with Crippen LogP contribution < -0.4 is 4.74 Å². The Morgan fingerprint density at radius 1 is 0.696 bits per heavy atom. The molecule has 0 amide bonds. The molecule has 0 saturated carbocycles. The molecule has 23 heavy (non-hydrogen) atoms. The Morgan fingerprint density at radius 2 is 1.43 bits per heavy atom. The number of halogens is 2. The Balaban J connectivity index is 1.87. The van der Waals surface area contributed by atoms with Crippen molar-refractivity contribution in [3.63, 3.8) is 0 Å². The van der Waals surface area contributed by atoms with Gasteiger partial charge in [-0.2, -0.15) is 0 Å². The first-order chi connectivity index (χ1) is 11.2. The summed E-state index contributed by atoms with van der Waals surface area (Å²) < 4.78 is 33.5. The van der Waals surface area contributed by atoms with E-state index in [9.17, 15) is 8.78 Å². The minimum absolute atomic E-state index is 0.237. The van der Waals surface area contributed by atoms with Crippen molar-refractivity contribution < 1.29 is 13.5 Å². The highest BCUT2D eigenvalue weighted by Crippen LogP contribution is 2.49. The summed E-state index contributed by atoms with van der Waals surface area (Å²) in [6.07, 6.45) is -0.296. The third kappa shape index (κ3) is 2.48. The third-order valence-electron chi connectivity index (χ3n) is 4.20. The van der Waals surface area contributed by atoms with E-state index in [2.05, 4.69) is 0 Å². The summed E-state index contributed by atoms with van der Waals surface area (Å²) in [4.78, 5) is 0. The molecular weight excluding hydrogens is 294 g/mol. The van der Waals surface area contributed by atoms with Crippen LogP contribution in [0.15, 0.2) is 72.8 Å². The molecule has 0 aliphatic carbocycles. The SMILES string of the molecule is Fc1cccc(C2c3cc(F)ccc3OC2c2ccccc2)c1. The quantitative estimate of drug-likeness (QED) is 0.630. The number of hydrogen-bond acceptors (Lipinski definition) is 1. The average molecular weight is 308 g/mol. The standard InChI is InChI=1S/C20H14F2O/c21-15-8-4-7-14(11-15)19-17-12-16(22)9-10-18(17)23-20(19)13-5-2-1-3-6-13/h1-12,19-20H. The average Bonchev–Trinajstić information content (AvgIpc) is 2.94. The van der Waals surface area contributed by atoms with Gasteiger partial charge in [-0.1, -0.05) is 42.5 Å². The molecular formula is C20H14F2O. The van der Waals surface area contributed by atoms with Gasteiger partial charge in [-0.3, -0.25) is 0 Å². The molecule has 1 nitrogen and oxygen atoms in total. The topological polar surface area (TPSA) is 9.23 Å². The first kappa shape index (κ1) is 13.9. The summed E-state index contributed by atoms with van der Waals surface area (Å²) >= 11 is 0. The summed E-state index contributed by atoms with van der Waals surface area (Å²) in [5.41, 5.74) is 2.52. The zero-order valence-corrected chi connectivity index (χ0v) is 12.2. The molecule has 114 valence electrons. The molecule has 0 aromatic heterocycles. The van der Waals surface area contributed by atoms with Gasteiger partial charge in [-0.05, 0) is 41.5 Å². The van der Waals surface area contributed by atoms with Gasteiger partial charge < -0.3 is 4.74 Å². The molecule has 1 aliphatic heterocycles. The molecule has 0 radical (unpaired) electrons. The van der Waals surface area contributed by atoms with Crippen LogP contribution in [0, 0.1) is 11.6 Å². The zero-order valence-electron chi connectivity index (χ0n) is 12.2. The monoisotopic (exact) mass is 308 g/mol. The molecule has 0 fully saturated rings. The van der Waals surface area contributed by atoms with Gasteiger partial charge in [0.25, 0.3) is 0 Å². The summed E-state index contributed by atoms with van der Waals surface area (Å²) in [6, 6.07) is 20.7. The van der Waals surface area contributed by atoms with Crippen LogP contribution in [-0.4, -0.2) is 0 Å². The van der Waals surface area contributed by atoms with Gasteiger partial charge >= 0.3 is 0 Å². The Kier molecular flexibility index (Phi) is 3.34. The molecule has 2 atom stereocenters.